The summed E-state index contributed by atoms with van der Waals surface area (Å²) in [6.07, 6.45) is 2.01. The summed E-state index contributed by atoms with van der Waals surface area (Å²) in [5.74, 6) is -2.00. The maximum absolute atomic E-state index is 12.3. The van der Waals surface area contributed by atoms with Gasteiger partial charge in [-0.05, 0) is 59.9 Å². The number of aromatic nitrogens is 2. The van der Waals surface area contributed by atoms with Gasteiger partial charge >= 0.3 is 34.3 Å². The van der Waals surface area contributed by atoms with Crippen LogP contribution in [0.15, 0.2) is 73.8 Å². The summed E-state index contributed by atoms with van der Waals surface area (Å²) in [6, 6.07) is 11.7. The number of hydrogen-bond donors (Lipinski definition) is 0. The molecule has 1 aromatic heterocycles. The zero-order chi connectivity index (χ0) is 26.6. The highest BCUT2D eigenvalue weighted by molar-refractivity contribution is 7.14. The molecular formula is C24H18N2O10S. The van der Waals surface area contributed by atoms with Crippen LogP contribution in [-0.4, -0.2) is 47.7 Å². The first-order valence-electron chi connectivity index (χ1n) is 10.2. The third kappa shape index (κ3) is 8.29. The Morgan fingerprint density at radius 2 is 1.05 bits per heavy atom. The Morgan fingerprint density at radius 3 is 1.41 bits per heavy atom. The molecular weight excluding hydrogens is 508 g/mol. The lowest BCUT2D eigenvalue weighted by Crippen LogP contribution is -2.09. The summed E-state index contributed by atoms with van der Waals surface area (Å²) in [7, 11) is 0. The van der Waals surface area contributed by atoms with Crippen LogP contribution in [0.25, 0.3) is 0 Å². The summed E-state index contributed by atoms with van der Waals surface area (Å²) in [5, 5.41) is 7.08. The summed E-state index contributed by atoms with van der Waals surface area (Å²) in [5.41, 5.74) is 0.372. The zero-order valence-corrected chi connectivity index (χ0v) is 19.8. The number of carbonyl (C=O) groups excluding carboxylic acids is 4. The fraction of sp³-hybridized carbons (Fsp3) is 0.0833. The van der Waals surface area contributed by atoms with Crippen LogP contribution in [0.5, 0.6) is 21.9 Å². The summed E-state index contributed by atoms with van der Waals surface area (Å²) >= 11 is 0.746. The predicted molar refractivity (Wildman–Crippen MR) is 126 cm³/mol. The zero-order valence-electron chi connectivity index (χ0n) is 19.0. The van der Waals surface area contributed by atoms with E-state index < -0.39 is 23.9 Å². The molecule has 0 aliphatic carbocycles. The van der Waals surface area contributed by atoms with E-state index in [9.17, 15) is 19.2 Å². The van der Waals surface area contributed by atoms with Gasteiger partial charge in [0.1, 0.15) is 11.5 Å². The highest BCUT2D eigenvalue weighted by Crippen LogP contribution is 2.26. The monoisotopic (exact) mass is 526 g/mol. The Morgan fingerprint density at radius 1 is 0.676 bits per heavy atom. The second kappa shape index (κ2) is 13.2. The standard InChI is InChI=1S/C24H18N2O10S/c1-3-19(27)33-13-31-17-9-5-15(6-10-17)21(29)35-23-25-26-24(37-23)36-22(30)16-7-11-18(12-8-16)32-14-34-20(28)4-2/h3-12H,1-2,13-14H2. The van der Waals surface area contributed by atoms with E-state index in [-0.39, 0.29) is 35.1 Å². The molecule has 0 aliphatic rings. The molecule has 37 heavy (non-hydrogen) atoms. The van der Waals surface area contributed by atoms with E-state index in [1.807, 2.05) is 0 Å². The normalized spacial score (nSPS) is 9.95. The van der Waals surface area contributed by atoms with E-state index >= 15 is 0 Å². The largest absolute Gasteiger partial charge is 0.457 e. The fourth-order valence-corrected chi connectivity index (χ4v) is 2.91. The van der Waals surface area contributed by atoms with Crippen LogP contribution < -0.4 is 18.9 Å². The summed E-state index contributed by atoms with van der Waals surface area (Å²) in [4.78, 5) is 46.6. The van der Waals surface area contributed by atoms with Crippen LogP contribution in [-0.2, 0) is 19.1 Å². The van der Waals surface area contributed by atoms with Crippen molar-refractivity contribution in [2.75, 3.05) is 13.6 Å². The molecule has 1 heterocycles. The van der Waals surface area contributed by atoms with Gasteiger partial charge in [0.2, 0.25) is 13.6 Å². The van der Waals surface area contributed by atoms with E-state index in [2.05, 4.69) is 23.4 Å². The minimum Gasteiger partial charge on any atom is -0.457 e. The first-order chi connectivity index (χ1) is 17.9. The van der Waals surface area contributed by atoms with Crippen molar-refractivity contribution >= 4 is 35.2 Å². The molecule has 0 radical (unpaired) electrons. The van der Waals surface area contributed by atoms with Gasteiger partial charge in [-0.15, -0.1) is 0 Å². The van der Waals surface area contributed by atoms with Gasteiger partial charge < -0.3 is 28.4 Å². The van der Waals surface area contributed by atoms with Gasteiger partial charge in [-0.3, -0.25) is 0 Å². The molecule has 0 saturated carbocycles. The first-order valence-corrected chi connectivity index (χ1v) is 11.0. The topological polar surface area (TPSA) is 149 Å². The minimum atomic E-state index is -0.729. The minimum absolute atomic E-state index is 0.137. The van der Waals surface area contributed by atoms with Gasteiger partial charge in [-0.1, -0.05) is 23.4 Å². The molecule has 0 aliphatic heterocycles. The van der Waals surface area contributed by atoms with Gasteiger partial charge in [0.05, 0.1) is 11.1 Å². The van der Waals surface area contributed by atoms with Crippen molar-refractivity contribution < 1.29 is 47.6 Å². The number of ether oxygens (including phenoxy) is 6. The number of esters is 4. The van der Waals surface area contributed by atoms with Crippen LogP contribution in [0.1, 0.15) is 20.7 Å². The lowest BCUT2D eigenvalue weighted by molar-refractivity contribution is -0.145. The summed E-state index contributed by atoms with van der Waals surface area (Å²) < 4.78 is 30.1. The van der Waals surface area contributed by atoms with Crippen molar-refractivity contribution in [3.05, 3.63) is 85.0 Å². The van der Waals surface area contributed by atoms with E-state index in [0.29, 0.717) is 11.5 Å². The van der Waals surface area contributed by atoms with Crippen molar-refractivity contribution in [2.45, 2.75) is 0 Å². The molecule has 3 rings (SSSR count). The molecule has 12 nitrogen and oxygen atoms in total. The highest BCUT2D eigenvalue weighted by Gasteiger charge is 2.17. The molecule has 0 fully saturated rings. The Kier molecular flexibility index (Phi) is 9.44. The number of hydrogen-bond acceptors (Lipinski definition) is 13. The SMILES string of the molecule is C=CC(=O)OCOc1ccc(C(=O)Oc2nnc(OC(=O)c3ccc(OCOC(=O)C=C)cc3)s2)cc1. The molecule has 190 valence electrons. The van der Waals surface area contributed by atoms with E-state index in [4.69, 9.17) is 28.4 Å². The van der Waals surface area contributed by atoms with E-state index in [0.717, 1.165) is 23.5 Å². The molecule has 3 aromatic rings. The number of carbonyl (C=O) groups is 4. The van der Waals surface area contributed by atoms with E-state index in [1.54, 1.807) is 0 Å². The third-order valence-corrected chi connectivity index (χ3v) is 4.79. The lowest BCUT2D eigenvalue weighted by atomic mass is 10.2. The molecule has 0 unspecified atom stereocenters. The van der Waals surface area contributed by atoms with Crippen molar-refractivity contribution in [2.24, 2.45) is 0 Å². The predicted octanol–water partition coefficient (Wildman–Crippen LogP) is 3.11. The maximum atomic E-state index is 12.3. The third-order valence-electron chi connectivity index (χ3n) is 4.11. The van der Waals surface area contributed by atoms with Crippen molar-refractivity contribution in [1.82, 2.24) is 10.2 Å². The first kappa shape index (κ1) is 26.6. The van der Waals surface area contributed by atoms with Gasteiger partial charge in [0, 0.05) is 12.2 Å². The van der Waals surface area contributed by atoms with Crippen molar-refractivity contribution in [3.63, 3.8) is 0 Å². The average molecular weight is 526 g/mol. The Bertz CT molecular complexity index is 1190. The van der Waals surface area contributed by atoms with E-state index in [1.165, 1.54) is 48.5 Å². The molecule has 13 heteroatoms. The van der Waals surface area contributed by atoms with Crippen LogP contribution in [0.3, 0.4) is 0 Å². The molecule has 0 amide bonds. The van der Waals surface area contributed by atoms with Gasteiger partial charge in [0.25, 0.3) is 0 Å². The molecule has 0 spiro atoms. The fourth-order valence-electron chi connectivity index (χ4n) is 2.36. The average Bonchev–Trinajstić information content (AvgIpc) is 3.35. The molecule has 0 N–H and O–H groups in total. The number of benzene rings is 2. The quantitative estimate of drug-likeness (QED) is 0.194. The number of nitrogens with zero attached hydrogens (tertiary/aromatic N) is 2. The second-order valence-corrected chi connectivity index (χ2v) is 7.42. The van der Waals surface area contributed by atoms with Crippen molar-refractivity contribution in [3.8, 4) is 21.9 Å². The van der Waals surface area contributed by atoms with Gasteiger partial charge in [-0.2, -0.15) is 0 Å². The molecule has 0 bridgehead atoms. The van der Waals surface area contributed by atoms with Gasteiger partial charge in [0.15, 0.2) is 0 Å². The molecule has 0 atom stereocenters. The molecule has 2 aromatic carbocycles. The second-order valence-electron chi connectivity index (χ2n) is 6.52. The van der Waals surface area contributed by atoms with Crippen LogP contribution in [0.2, 0.25) is 0 Å². The number of rotatable bonds is 12. The lowest BCUT2D eigenvalue weighted by Gasteiger charge is -2.06. The van der Waals surface area contributed by atoms with Gasteiger partial charge in [-0.25, -0.2) is 19.2 Å². The molecule has 0 saturated heterocycles. The van der Waals surface area contributed by atoms with Crippen LogP contribution in [0, 0.1) is 0 Å². The maximum Gasteiger partial charge on any atom is 0.345 e. The Hall–Kier alpha value is -5.04. The highest BCUT2D eigenvalue weighted by atomic mass is 32.1. The van der Waals surface area contributed by atoms with Crippen LogP contribution >= 0.6 is 11.3 Å². The summed E-state index contributed by atoms with van der Waals surface area (Å²) in [6.45, 7) is 5.90. The van der Waals surface area contributed by atoms with Crippen molar-refractivity contribution in [1.29, 1.82) is 0 Å². The Balaban J connectivity index is 1.48. The smallest absolute Gasteiger partial charge is 0.345 e. The Labute approximate surface area is 213 Å². The van der Waals surface area contributed by atoms with Crippen LogP contribution in [0.4, 0.5) is 0 Å².